The first-order valence-corrected chi connectivity index (χ1v) is 5.15. The summed E-state index contributed by atoms with van der Waals surface area (Å²) >= 11 is 1.43. The zero-order chi connectivity index (χ0) is 10.7. The third kappa shape index (κ3) is 1.88. The highest BCUT2D eigenvalue weighted by Gasteiger charge is 2.02. The summed E-state index contributed by atoms with van der Waals surface area (Å²) in [7, 11) is 0. The van der Waals surface area contributed by atoms with Crippen molar-refractivity contribution < 1.29 is 0 Å². The first-order valence-electron chi connectivity index (χ1n) is 4.34. The fourth-order valence-electron chi connectivity index (χ4n) is 1.30. The quantitative estimate of drug-likeness (QED) is 0.725. The highest BCUT2D eigenvalue weighted by atomic mass is 32.1. The van der Waals surface area contributed by atoms with Gasteiger partial charge in [-0.25, -0.2) is 0 Å². The van der Waals surface area contributed by atoms with Gasteiger partial charge in [0.25, 0.3) is 0 Å². The Labute approximate surface area is 91.6 Å². The molecule has 2 aromatic rings. The summed E-state index contributed by atoms with van der Waals surface area (Å²) in [6, 6.07) is 15.3. The van der Waals surface area contributed by atoms with E-state index in [1.54, 1.807) is 12.1 Å². The predicted octanol–water partition coefficient (Wildman–Crippen LogP) is 3.16. The van der Waals surface area contributed by atoms with Crippen molar-refractivity contribution in [2.45, 2.75) is 0 Å². The monoisotopic (exact) mass is 210 g/mol. The molecular weight excluding hydrogens is 204 g/mol. The van der Waals surface area contributed by atoms with Crippen LogP contribution in [0.1, 0.15) is 10.4 Å². The molecule has 0 aliphatic carbocycles. The van der Waals surface area contributed by atoms with Gasteiger partial charge in [-0.3, -0.25) is 0 Å². The van der Waals surface area contributed by atoms with E-state index in [2.05, 4.69) is 12.1 Å². The molecule has 15 heavy (non-hydrogen) atoms. The molecule has 0 fully saturated rings. The van der Waals surface area contributed by atoms with E-state index in [-0.39, 0.29) is 0 Å². The molecule has 0 saturated heterocycles. The number of hydrogen-bond acceptors (Lipinski definition) is 3. The number of rotatable bonds is 1. The maximum atomic E-state index is 8.76. The molecule has 0 bridgehead atoms. The zero-order valence-electron chi connectivity index (χ0n) is 7.77. The molecule has 0 spiro atoms. The molecule has 0 N–H and O–H groups in total. The number of nitriles is 2. The Morgan fingerprint density at radius 2 is 1.87 bits per heavy atom. The van der Waals surface area contributed by atoms with Gasteiger partial charge in [0.1, 0.15) is 10.9 Å². The van der Waals surface area contributed by atoms with E-state index >= 15 is 0 Å². The van der Waals surface area contributed by atoms with Gasteiger partial charge in [-0.05, 0) is 29.8 Å². The van der Waals surface area contributed by atoms with Crippen molar-refractivity contribution in [1.29, 1.82) is 10.5 Å². The van der Waals surface area contributed by atoms with Gasteiger partial charge in [-0.15, -0.1) is 11.3 Å². The van der Waals surface area contributed by atoms with Crippen LogP contribution in [0, 0.1) is 22.7 Å². The second kappa shape index (κ2) is 3.96. The predicted molar refractivity (Wildman–Crippen MR) is 59.2 cm³/mol. The van der Waals surface area contributed by atoms with Crippen molar-refractivity contribution in [3.8, 4) is 22.6 Å². The van der Waals surface area contributed by atoms with Crippen molar-refractivity contribution in [3.05, 3.63) is 46.8 Å². The second-order valence-corrected chi connectivity index (χ2v) is 4.05. The largest absolute Gasteiger partial charge is 0.192 e. The lowest BCUT2D eigenvalue weighted by Gasteiger charge is -1.96. The Balaban J connectivity index is 2.46. The van der Waals surface area contributed by atoms with Gasteiger partial charge < -0.3 is 0 Å². The normalized spacial score (nSPS) is 9.20. The fourth-order valence-corrected chi connectivity index (χ4v) is 2.09. The summed E-state index contributed by atoms with van der Waals surface area (Å²) in [5, 5.41) is 17.5. The van der Waals surface area contributed by atoms with Crippen LogP contribution in [0.5, 0.6) is 0 Å². The number of benzene rings is 1. The highest BCUT2D eigenvalue weighted by Crippen LogP contribution is 2.27. The van der Waals surface area contributed by atoms with Crippen LogP contribution in [0.15, 0.2) is 36.4 Å². The van der Waals surface area contributed by atoms with Gasteiger partial charge in [-0.1, -0.05) is 12.1 Å². The van der Waals surface area contributed by atoms with Gasteiger partial charge in [0, 0.05) is 4.88 Å². The van der Waals surface area contributed by atoms with Crippen LogP contribution >= 0.6 is 11.3 Å². The van der Waals surface area contributed by atoms with Crippen molar-refractivity contribution in [2.75, 3.05) is 0 Å². The summed E-state index contributed by atoms with van der Waals surface area (Å²) in [6.07, 6.45) is 0. The summed E-state index contributed by atoms with van der Waals surface area (Å²) in [5.41, 5.74) is 1.62. The van der Waals surface area contributed by atoms with E-state index in [9.17, 15) is 0 Å². The molecule has 0 amide bonds. The minimum atomic E-state index is 0.638. The minimum Gasteiger partial charge on any atom is -0.192 e. The molecule has 0 aliphatic rings. The Kier molecular flexibility index (Phi) is 2.49. The van der Waals surface area contributed by atoms with Gasteiger partial charge >= 0.3 is 0 Å². The molecule has 2 rings (SSSR count). The number of hydrogen-bond donors (Lipinski definition) is 0. The Morgan fingerprint density at radius 3 is 2.53 bits per heavy atom. The van der Waals surface area contributed by atoms with Crippen LogP contribution < -0.4 is 0 Å². The zero-order valence-corrected chi connectivity index (χ0v) is 8.58. The van der Waals surface area contributed by atoms with Crippen LogP contribution in [0.25, 0.3) is 10.4 Å². The lowest BCUT2D eigenvalue weighted by atomic mass is 10.1. The van der Waals surface area contributed by atoms with Crippen LogP contribution in [0.2, 0.25) is 0 Å². The molecule has 0 atom stereocenters. The molecule has 0 saturated carbocycles. The fraction of sp³-hybridized carbons (Fsp3) is 0. The van der Waals surface area contributed by atoms with Crippen LogP contribution in [0.3, 0.4) is 0 Å². The van der Waals surface area contributed by atoms with Crippen LogP contribution in [0.4, 0.5) is 0 Å². The molecular formula is C12H6N2S. The lowest BCUT2D eigenvalue weighted by Crippen LogP contribution is -1.75. The van der Waals surface area contributed by atoms with Crippen LogP contribution in [-0.2, 0) is 0 Å². The van der Waals surface area contributed by atoms with Crippen molar-refractivity contribution in [1.82, 2.24) is 0 Å². The molecule has 0 aliphatic heterocycles. The Hall–Kier alpha value is -2.10. The Morgan fingerprint density at radius 1 is 1.00 bits per heavy atom. The van der Waals surface area contributed by atoms with Crippen molar-refractivity contribution in [3.63, 3.8) is 0 Å². The average Bonchev–Trinajstić information content (AvgIpc) is 2.78. The van der Waals surface area contributed by atoms with E-state index in [4.69, 9.17) is 10.5 Å². The van der Waals surface area contributed by atoms with Crippen molar-refractivity contribution in [2.24, 2.45) is 0 Å². The maximum Gasteiger partial charge on any atom is 0.110 e. The molecule has 1 aromatic carbocycles. The lowest BCUT2D eigenvalue weighted by molar-refractivity contribution is 1.49. The molecule has 70 valence electrons. The summed E-state index contributed by atoms with van der Waals surface area (Å²) in [5.74, 6) is 0. The van der Waals surface area contributed by atoms with Gasteiger partial charge in [0.2, 0.25) is 0 Å². The van der Waals surface area contributed by atoms with E-state index < -0.39 is 0 Å². The number of nitrogens with zero attached hydrogens (tertiary/aromatic N) is 2. The molecule has 1 heterocycles. The molecule has 0 radical (unpaired) electrons. The van der Waals surface area contributed by atoms with Gasteiger partial charge in [0.15, 0.2) is 0 Å². The van der Waals surface area contributed by atoms with Gasteiger partial charge in [0.05, 0.1) is 11.6 Å². The van der Waals surface area contributed by atoms with E-state index in [0.717, 1.165) is 10.4 Å². The standard InChI is InChI=1S/C12H6N2S/c13-7-9-2-1-3-10(6-9)12-5-4-11(8-14)15-12/h1-6H. The third-order valence-corrected chi connectivity index (χ3v) is 3.03. The maximum absolute atomic E-state index is 8.76. The average molecular weight is 210 g/mol. The Bertz CT molecular complexity index is 570. The second-order valence-electron chi connectivity index (χ2n) is 2.97. The molecule has 0 unspecified atom stereocenters. The SMILES string of the molecule is N#Cc1cccc(-c2ccc(C#N)s2)c1. The van der Waals surface area contributed by atoms with E-state index in [1.807, 2.05) is 24.3 Å². The molecule has 3 heteroatoms. The van der Waals surface area contributed by atoms with Crippen LogP contribution in [-0.4, -0.2) is 0 Å². The first-order chi connectivity index (χ1) is 7.33. The molecule has 1 aromatic heterocycles. The molecule has 2 nitrogen and oxygen atoms in total. The smallest absolute Gasteiger partial charge is 0.110 e. The van der Waals surface area contributed by atoms with Crippen molar-refractivity contribution >= 4 is 11.3 Å². The topological polar surface area (TPSA) is 47.6 Å². The number of thiophene rings is 1. The summed E-state index contributed by atoms with van der Waals surface area (Å²) < 4.78 is 0. The third-order valence-electron chi connectivity index (χ3n) is 1.99. The van der Waals surface area contributed by atoms with E-state index in [1.165, 1.54) is 11.3 Å². The first kappa shape index (κ1) is 9.45. The summed E-state index contributed by atoms with van der Waals surface area (Å²) in [6.45, 7) is 0. The highest BCUT2D eigenvalue weighted by molar-refractivity contribution is 7.16. The van der Waals surface area contributed by atoms with E-state index in [0.29, 0.717) is 10.4 Å². The van der Waals surface area contributed by atoms with Gasteiger partial charge in [-0.2, -0.15) is 10.5 Å². The summed E-state index contributed by atoms with van der Waals surface area (Å²) in [4.78, 5) is 1.70. The minimum absolute atomic E-state index is 0.638.